The molecule has 0 saturated heterocycles. The zero-order chi connectivity index (χ0) is 19.4. The summed E-state index contributed by atoms with van der Waals surface area (Å²) in [4.78, 5) is 14.1. The van der Waals surface area contributed by atoms with Gasteiger partial charge in [0.15, 0.2) is 0 Å². The van der Waals surface area contributed by atoms with Gasteiger partial charge in [-0.25, -0.2) is 4.39 Å². The molecule has 3 rings (SSSR count). The number of nitrogens with one attached hydrogen (secondary N) is 2. The average Bonchev–Trinajstić information content (AvgIpc) is 2.66. The molecular weight excluding hydrogens is 347 g/mol. The van der Waals surface area contributed by atoms with Crippen molar-refractivity contribution in [3.05, 3.63) is 75.8 Å². The van der Waals surface area contributed by atoms with Crippen LogP contribution in [0.25, 0.3) is 10.9 Å². The second kappa shape index (κ2) is 8.33. The molecule has 0 radical (unpaired) electrons. The lowest BCUT2D eigenvalue weighted by atomic mass is 10.0. The number of aliphatic hydroxyl groups is 1. The molecule has 142 valence electrons. The Hall–Kier alpha value is -2.70. The highest BCUT2D eigenvalue weighted by Crippen LogP contribution is 2.28. The van der Waals surface area contributed by atoms with Crippen LogP contribution in [-0.2, 0) is 6.42 Å². The second-order valence-corrected chi connectivity index (χ2v) is 6.78. The van der Waals surface area contributed by atoms with Gasteiger partial charge in [0.2, 0.25) is 5.56 Å². The summed E-state index contributed by atoms with van der Waals surface area (Å²) in [5.74, 6) is -0.269. The Morgan fingerprint density at radius 1 is 1.11 bits per heavy atom. The molecule has 0 amide bonds. The SMILES string of the molecule is CC(CCc1ccc(F)cc1)NCC(O)c1ccc(O)c2[nH]c(=O)ccc12. The fourth-order valence-electron chi connectivity index (χ4n) is 3.11. The van der Waals surface area contributed by atoms with Crippen LogP contribution in [0, 0.1) is 5.82 Å². The minimum absolute atomic E-state index is 0.0284. The lowest BCUT2D eigenvalue weighted by Gasteiger charge is -2.19. The Labute approximate surface area is 156 Å². The molecule has 0 aliphatic heterocycles. The van der Waals surface area contributed by atoms with E-state index in [0.717, 1.165) is 18.4 Å². The van der Waals surface area contributed by atoms with Crippen molar-refractivity contribution in [2.75, 3.05) is 6.54 Å². The smallest absolute Gasteiger partial charge is 0.248 e. The maximum absolute atomic E-state index is 12.9. The first-order valence-electron chi connectivity index (χ1n) is 8.95. The molecular formula is C21H23FN2O3. The lowest BCUT2D eigenvalue weighted by molar-refractivity contribution is 0.171. The van der Waals surface area contributed by atoms with E-state index in [-0.39, 0.29) is 23.2 Å². The standard InChI is InChI=1S/C21H23FN2O3/c1-13(2-3-14-4-6-15(22)7-5-14)23-12-19(26)16-8-10-18(25)21-17(16)9-11-20(27)24-21/h4-11,13,19,23,25-26H,2-3,12H2,1H3,(H,24,27). The van der Waals surface area contributed by atoms with Gasteiger partial charge in [-0.05, 0) is 55.2 Å². The van der Waals surface area contributed by atoms with E-state index < -0.39 is 6.10 Å². The van der Waals surface area contributed by atoms with Crippen LogP contribution in [0.1, 0.15) is 30.6 Å². The van der Waals surface area contributed by atoms with Gasteiger partial charge in [0, 0.05) is 24.0 Å². The van der Waals surface area contributed by atoms with Crippen LogP contribution < -0.4 is 10.9 Å². The molecule has 6 heteroatoms. The van der Waals surface area contributed by atoms with E-state index in [9.17, 15) is 19.4 Å². The number of pyridine rings is 1. The minimum atomic E-state index is -0.785. The third-order valence-corrected chi connectivity index (χ3v) is 4.70. The number of H-pyrrole nitrogens is 1. The molecule has 0 aliphatic carbocycles. The van der Waals surface area contributed by atoms with E-state index in [1.54, 1.807) is 24.3 Å². The Balaban J connectivity index is 1.61. The first-order chi connectivity index (χ1) is 12.9. The van der Waals surface area contributed by atoms with E-state index in [0.29, 0.717) is 23.0 Å². The predicted molar refractivity (Wildman–Crippen MR) is 103 cm³/mol. The van der Waals surface area contributed by atoms with E-state index in [4.69, 9.17) is 0 Å². The molecule has 0 bridgehead atoms. The van der Waals surface area contributed by atoms with Gasteiger partial charge in [-0.1, -0.05) is 18.2 Å². The van der Waals surface area contributed by atoms with Crippen molar-refractivity contribution in [2.45, 2.75) is 31.9 Å². The quantitative estimate of drug-likeness (QED) is 0.515. The first-order valence-corrected chi connectivity index (χ1v) is 8.95. The Morgan fingerprint density at radius 3 is 2.59 bits per heavy atom. The summed E-state index contributed by atoms with van der Waals surface area (Å²) < 4.78 is 12.9. The van der Waals surface area contributed by atoms with Crippen LogP contribution in [0.2, 0.25) is 0 Å². The number of aryl methyl sites for hydroxylation is 1. The summed E-state index contributed by atoms with van der Waals surface area (Å²) in [6.07, 6.45) is 0.878. The predicted octanol–water partition coefficient (Wildman–Crippen LogP) is 3.02. The molecule has 1 heterocycles. The molecule has 0 fully saturated rings. The maximum atomic E-state index is 12.9. The van der Waals surface area contributed by atoms with Crippen LogP contribution in [0.3, 0.4) is 0 Å². The van der Waals surface area contributed by atoms with E-state index in [1.807, 2.05) is 6.92 Å². The summed E-state index contributed by atoms with van der Waals surface area (Å²) >= 11 is 0. The van der Waals surface area contributed by atoms with Gasteiger partial charge in [-0.15, -0.1) is 0 Å². The molecule has 0 aliphatic rings. The summed E-state index contributed by atoms with van der Waals surface area (Å²) in [6.45, 7) is 2.37. The highest BCUT2D eigenvalue weighted by molar-refractivity contribution is 5.87. The summed E-state index contributed by atoms with van der Waals surface area (Å²) in [5.41, 5.74) is 1.72. The molecule has 1 aromatic heterocycles. The monoisotopic (exact) mass is 370 g/mol. The number of hydrogen-bond acceptors (Lipinski definition) is 4. The molecule has 5 nitrogen and oxygen atoms in total. The second-order valence-electron chi connectivity index (χ2n) is 6.78. The van der Waals surface area contributed by atoms with Crippen LogP contribution in [-0.4, -0.2) is 27.8 Å². The van der Waals surface area contributed by atoms with Crippen molar-refractivity contribution < 1.29 is 14.6 Å². The Bertz CT molecular complexity index is 969. The number of rotatable bonds is 7. The number of phenolic OH excluding ortho intramolecular Hbond substituents is 1. The number of halogens is 1. The van der Waals surface area contributed by atoms with Crippen LogP contribution in [0.15, 0.2) is 53.3 Å². The van der Waals surface area contributed by atoms with Crippen LogP contribution >= 0.6 is 0 Å². The van der Waals surface area contributed by atoms with Crippen molar-refractivity contribution in [1.29, 1.82) is 0 Å². The Morgan fingerprint density at radius 2 is 1.85 bits per heavy atom. The number of phenols is 1. The van der Waals surface area contributed by atoms with Gasteiger partial charge in [0.25, 0.3) is 0 Å². The number of benzene rings is 2. The van der Waals surface area contributed by atoms with E-state index in [1.165, 1.54) is 24.3 Å². The number of aromatic amines is 1. The van der Waals surface area contributed by atoms with Crippen molar-refractivity contribution in [1.82, 2.24) is 10.3 Å². The largest absolute Gasteiger partial charge is 0.506 e. The van der Waals surface area contributed by atoms with Crippen molar-refractivity contribution >= 4 is 10.9 Å². The number of aromatic hydroxyl groups is 1. The highest BCUT2D eigenvalue weighted by Gasteiger charge is 2.15. The summed E-state index contributed by atoms with van der Waals surface area (Å²) in [7, 11) is 0. The fourth-order valence-corrected chi connectivity index (χ4v) is 3.11. The number of aromatic nitrogens is 1. The topological polar surface area (TPSA) is 85.3 Å². The molecule has 2 aromatic carbocycles. The molecule has 4 N–H and O–H groups in total. The van der Waals surface area contributed by atoms with Gasteiger partial charge in [0.05, 0.1) is 11.6 Å². The molecule has 3 aromatic rings. The van der Waals surface area contributed by atoms with Gasteiger partial charge >= 0.3 is 0 Å². The number of aliphatic hydroxyl groups excluding tert-OH is 1. The Kier molecular flexibility index (Phi) is 5.88. The normalized spacial score (nSPS) is 13.6. The van der Waals surface area contributed by atoms with Crippen molar-refractivity contribution in [3.63, 3.8) is 0 Å². The van der Waals surface area contributed by atoms with Gasteiger partial charge in [0.1, 0.15) is 11.6 Å². The average molecular weight is 370 g/mol. The zero-order valence-corrected chi connectivity index (χ0v) is 15.1. The zero-order valence-electron chi connectivity index (χ0n) is 15.1. The number of fused-ring (bicyclic) bond motifs is 1. The molecule has 2 unspecified atom stereocenters. The van der Waals surface area contributed by atoms with Crippen molar-refractivity contribution in [2.24, 2.45) is 0 Å². The summed E-state index contributed by atoms with van der Waals surface area (Å²) in [5, 5.41) is 24.4. The van der Waals surface area contributed by atoms with Gasteiger partial charge in [-0.2, -0.15) is 0 Å². The first kappa shape index (κ1) is 19.1. The van der Waals surface area contributed by atoms with Crippen LogP contribution in [0.4, 0.5) is 4.39 Å². The third kappa shape index (κ3) is 4.72. The third-order valence-electron chi connectivity index (χ3n) is 4.70. The molecule has 0 spiro atoms. The van der Waals surface area contributed by atoms with E-state index in [2.05, 4.69) is 10.3 Å². The molecule has 2 atom stereocenters. The lowest BCUT2D eigenvalue weighted by Crippen LogP contribution is -2.31. The molecule has 27 heavy (non-hydrogen) atoms. The molecule has 0 saturated carbocycles. The fraction of sp³-hybridized carbons (Fsp3) is 0.286. The minimum Gasteiger partial charge on any atom is -0.506 e. The number of hydrogen-bond donors (Lipinski definition) is 4. The van der Waals surface area contributed by atoms with Gasteiger partial charge < -0.3 is 20.5 Å². The maximum Gasteiger partial charge on any atom is 0.248 e. The van der Waals surface area contributed by atoms with E-state index >= 15 is 0 Å². The summed E-state index contributed by atoms with van der Waals surface area (Å²) in [6, 6.07) is 12.7. The highest BCUT2D eigenvalue weighted by atomic mass is 19.1. The van der Waals surface area contributed by atoms with Crippen LogP contribution in [0.5, 0.6) is 5.75 Å². The van der Waals surface area contributed by atoms with Crippen molar-refractivity contribution in [3.8, 4) is 5.75 Å². The van der Waals surface area contributed by atoms with Gasteiger partial charge in [-0.3, -0.25) is 4.79 Å².